The number of carboxylic acids is 1. The average Bonchev–Trinajstić information content (AvgIpc) is 2.32. The Morgan fingerprint density at radius 1 is 1.39 bits per heavy atom. The summed E-state index contributed by atoms with van der Waals surface area (Å²) in [5.74, 6) is -1.09. The van der Waals surface area contributed by atoms with Crippen molar-refractivity contribution in [2.24, 2.45) is 7.05 Å². The van der Waals surface area contributed by atoms with Crippen molar-refractivity contribution in [2.75, 3.05) is 0 Å². The minimum Gasteiger partial charge on any atom is -0.478 e. The first-order chi connectivity index (χ1) is 8.45. The van der Waals surface area contributed by atoms with Crippen LogP contribution in [0.25, 0.3) is 10.9 Å². The third-order valence-electron chi connectivity index (χ3n) is 2.99. The lowest BCUT2D eigenvalue weighted by Crippen LogP contribution is -2.19. The molecule has 0 spiro atoms. The Morgan fingerprint density at radius 3 is 2.61 bits per heavy atom. The highest BCUT2D eigenvalue weighted by atomic mass is 79.9. The second-order valence-electron chi connectivity index (χ2n) is 4.09. The highest BCUT2D eigenvalue weighted by molar-refractivity contribution is 9.10. The number of nitrogens with zero attached hydrogens (tertiary/aromatic N) is 1. The van der Waals surface area contributed by atoms with Crippen LogP contribution in [0.5, 0.6) is 0 Å². The number of benzene rings is 1. The topological polar surface area (TPSA) is 59.3 Å². The summed E-state index contributed by atoms with van der Waals surface area (Å²) in [6.45, 7) is 2.00. The first-order valence-electron chi connectivity index (χ1n) is 5.51. The molecule has 18 heavy (non-hydrogen) atoms. The third-order valence-corrected chi connectivity index (χ3v) is 3.59. The number of halogens is 1. The first-order valence-corrected chi connectivity index (χ1v) is 6.30. The van der Waals surface area contributed by atoms with Gasteiger partial charge in [0.05, 0.1) is 11.1 Å². The minimum atomic E-state index is -1.09. The van der Waals surface area contributed by atoms with E-state index in [1.54, 1.807) is 7.05 Å². The third kappa shape index (κ3) is 1.95. The fourth-order valence-corrected chi connectivity index (χ4v) is 2.76. The summed E-state index contributed by atoms with van der Waals surface area (Å²) in [4.78, 5) is 23.0. The molecule has 5 heteroatoms. The zero-order valence-corrected chi connectivity index (χ0v) is 11.6. The van der Waals surface area contributed by atoms with Crippen LogP contribution in [-0.4, -0.2) is 15.6 Å². The molecule has 0 saturated heterocycles. The number of aromatic nitrogens is 1. The molecule has 0 fully saturated rings. The van der Waals surface area contributed by atoms with E-state index in [1.165, 1.54) is 4.57 Å². The van der Waals surface area contributed by atoms with Crippen LogP contribution in [0.4, 0.5) is 0 Å². The molecule has 1 aromatic heterocycles. The Balaban J connectivity index is 3.03. The van der Waals surface area contributed by atoms with Gasteiger partial charge in [-0.1, -0.05) is 6.92 Å². The van der Waals surface area contributed by atoms with Gasteiger partial charge >= 0.3 is 5.97 Å². The summed E-state index contributed by atoms with van der Waals surface area (Å²) in [5.41, 5.74) is 1.35. The number of pyridine rings is 1. The molecule has 0 atom stereocenters. The SMILES string of the molecule is CCc1cc(Br)c2c(c1)c(C(=O)O)cc(=O)n2C. The van der Waals surface area contributed by atoms with Gasteiger partial charge in [0.15, 0.2) is 0 Å². The molecule has 4 nitrogen and oxygen atoms in total. The number of hydrogen-bond donors (Lipinski definition) is 1. The van der Waals surface area contributed by atoms with E-state index >= 15 is 0 Å². The van der Waals surface area contributed by atoms with Crippen molar-refractivity contribution in [3.63, 3.8) is 0 Å². The highest BCUT2D eigenvalue weighted by Gasteiger charge is 2.15. The van der Waals surface area contributed by atoms with E-state index in [2.05, 4.69) is 15.9 Å². The lowest BCUT2D eigenvalue weighted by atomic mass is 10.0. The Labute approximate surface area is 112 Å². The number of hydrogen-bond acceptors (Lipinski definition) is 2. The smallest absolute Gasteiger partial charge is 0.336 e. The van der Waals surface area contributed by atoms with E-state index in [4.69, 9.17) is 0 Å². The van der Waals surface area contributed by atoms with Gasteiger partial charge in [0, 0.05) is 23.0 Å². The van der Waals surface area contributed by atoms with Crippen LogP contribution in [-0.2, 0) is 13.5 Å². The number of aryl methyl sites for hydroxylation is 2. The van der Waals surface area contributed by atoms with Crippen LogP contribution in [0.1, 0.15) is 22.8 Å². The fourth-order valence-electron chi connectivity index (χ4n) is 1.99. The van der Waals surface area contributed by atoms with Crippen molar-refractivity contribution >= 4 is 32.8 Å². The van der Waals surface area contributed by atoms with Crippen LogP contribution in [0.3, 0.4) is 0 Å². The van der Waals surface area contributed by atoms with Gasteiger partial charge < -0.3 is 9.67 Å². The molecular weight excluding hydrogens is 298 g/mol. The van der Waals surface area contributed by atoms with Gasteiger partial charge in [0.2, 0.25) is 0 Å². The standard InChI is InChI=1S/C13H12BrNO3/c1-3-7-4-8-9(13(17)18)6-11(16)15(2)12(8)10(14)5-7/h4-6H,3H2,1-2H3,(H,17,18). The van der Waals surface area contributed by atoms with Gasteiger partial charge in [0.25, 0.3) is 5.56 Å². The van der Waals surface area contributed by atoms with Crippen molar-refractivity contribution < 1.29 is 9.90 Å². The predicted molar refractivity (Wildman–Crippen MR) is 73.2 cm³/mol. The van der Waals surface area contributed by atoms with E-state index in [1.807, 2.05) is 19.1 Å². The van der Waals surface area contributed by atoms with Crippen LogP contribution in [0, 0.1) is 0 Å². The number of aromatic carboxylic acids is 1. The summed E-state index contributed by atoms with van der Waals surface area (Å²) in [5, 5.41) is 9.77. The molecule has 2 aromatic rings. The molecule has 0 aliphatic rings. The van der Waals surface area contributed by atoms with E-state index in [9.17, 15) is 14.7 Å². The number of rotatable bonds is 2. The molecule has 1 N–H and O–H groups in total. The molecule has 0 aliphatic carbocycles. The van der Waals surface area contributed by atoms with Gasteiger partial charge in [-0.25, -0.2) is 4.79 Å². The summed E-state index contributed by atoms with van der Waals surface area (Å²) < 4.78 is 2.19. The van der Waals surface area contributed by atoms with Crippen LogP contribution in [0.15, 0.2) is 27.5 Å². The number of fused-ring (bicyclic) bond motifs is 1. The Hall–Kier alpha value is -1.62. The largest absolute Gasteiger partial charge is 0.478 e. The Morgan fingerprint density at radius 2 is 2.06 bits per heavy atom. The van der Waals surface area contributed by atoms with Gasteiger partial charge in [0.1, 0.15) is 0 Å². The molecular formula is C13H12BrNO3. The summed E-state index contributed by atoms with van der Waals surface area (Å²) in [6, 6.07) is 4.90. The summed E-state index contributed by atoms with van der Waals surface area (Å²) >= 11 is 3.40. The maximum atomic E-state index is 11.7. The summed E-state index contributed by atoms with van der Waals surface area (Å²) in [7, 11) is 1.63. The van der Waals surface area contributed by atoms with Gasteiger partial charge in [-0.05, 0) is 40.0 Å². The van der Waals surface area contributed by atoms with E-state index in [-0.39, 0.29) is 11.1 Å². The molecule has 2 rings (SSSR count). The zero-order valence-electron chi connectivity index (χ0n) is 10.0. The Bertz CT molecular complexity index is 703. The predicted octanol–water partition coefficient (Wildman–Crippen LogP) is 2.56. The molecule has 0 unspecified atom stereocenters. The lowest BCUT2D eigenvalue weighted by molar-refractivity contribution is 0.0699. The van der Waals surface area contributed by atoms with Gasteiger partial charge in [-0.2, -0.15) is 0 Å². The Kier molecular flexibility index (Phi) is 3.26. The van der Waals surface area contributed by atoms with Crippen LogP contribution >= 0.6 is 15.9 Å². The zero-order chi connectivity index (χ0) is 13.4. The van der Waals surface area contributed by atoms with Crippen LogP contribution in [0.2, 0.25) is 0 Å². The van der Waals surface area contributed by atoms with Crippen LogP contribution < -0.4 is 5.56 Å². The monoisotopic (exact) mass is 309 g/mol. The molecule has 0 aliphatic heterocycles. The molecule has 0 amide bonds. The maximum absolute atomic E-state index is 11.7. The molecule has 1 aromatic carbocycles. The van der Waals surface area contributed by atoms with Gasteiger partial charge in [-0.15, -0.1) is 0 Å². The second-order valence-corrected chi connectivity index (χ2v) is 4.94. The molecule has 1 heterocycles. The maximum Gasteiger partial charge on any atom is 0.336 e. The second kappa shape index (κ2) is 4.57. The van der Waals surface area contributed by atoms with Gasteiger partial charge in [-0.3, -0.25) is 4.79 Å². The van der Waals surface area contributed by atoms with E-state index < -0.39 is 5.97 Å². The fraction of sp³-hybridized carbons (Fsp3) is 0.231. The first kappa shape index (κ1) is 12.8. The van der Waals surface area contributed by atoms with Crippen molar-refractivity contribution in [2.45, 2.75) is 13.3 Å². The summed E-state index contributed by atoms with van der Waals surface area (Å²) in [6.07, 6.45) is 0.802. The molecule has 0 radical (unpaired) electrons. The number of carbonyl (C=O) groups is 1. The normalized spacial score (nSPS) is 10.8. The van der Waals surface area contributed by atoms with E-state index in [0.29, 0.717) is 10.9 Å². The molecule has 0 saturated carbocycles. The van der Waals surface area contributed by atoms with Crippen molar-refractivity contribution in [3.8, 4) is 0 Å². The average molecular weight is 310 g/mol. The van der Waals surface area contributed by atoms with Crippen molar-refractivity contribution in [1.29, 1.82) is 0 Å². The minimum absolute atomic E-state index is 0.0455. The quantitative estimate of drug-likeness (QED) is 0.927. The van der Waals surface area contributed by atoms with Crippen molar-refractivity contribution in [3.05, 3.63) is 44.2 Å². The van der Waals surface area contributed by atoms with E-state index in [0.717, 1.165) is 22.5 Å². The molecule has 94 valence electrons. The highest BCUT2D eigenvalue weighted by Crippen LogP contribution is 2.27. The van der Waals surface area contributed by atoms with Crippen molar-refractivity contribution in [1.82, 2.24) is 4.57 Å². The molecule has 0 bridgehead atoms. The lowest BCUT2D eigenvalue weighted by Gasteiger charge is -2.11. The number of carboxylic acid groups (broad SMARTS) is 1.